The molecule has 0 aliphatic heterocycles. The van der Waals surface area contributed by atoms with Crippen LogP contribution < -0.4 is 5.32 Å². The first-order chi connectivity index (χ1) is 8.52. The van der Waals surface area contributed by atoms with Gasteiger partial charge in [0.25, 0.3) is 5.91 Å². The van der Waals surface area contributed by atoms with Crippen LogP contribution in [0.3, 0.4) is 0 Å². The molecule has 18 heavy (non-hydrogen) atoms. The molecular weight excluding hydrogens is 292 g/mol. The fourth-order valence-corrected chi connectivity index (χ4v) is 2.50. The van der Waals surface area contributed by atoms with Crippen molar-refractivity contribution in [1.82, 2.24) is 9.88 Å². The number of aromatic nitrogens is 1. The molecule has 4 heteroatoms. The molecule has 1 fully saturated rings. The minimum absolute atomic E-state index is 0.0420. The Labute approximate surface area is 117 Å². The van der Waals surface area contributed by atoms with Gasteiger partial charge in [0.05, 0.1) is 0 Å². The molecule has 1 aromatic rings. The average molecular weight is 313 g/mol. The van der Waals surface area contributed by atoms with Gasteiger partial charge in [-0.05, 0) is 47.7 Å². The monoisotopic (exact) mass is 312 g/mol. The summed E-state index contributed by atoms with van der Waals surface area (Å²) >= 11 is 3.46. The van der Waals surface area contributed by atoms with E-state index in [0.717, 1.165) is 16.6 Å². The zero-order chi connectivity index (χ0) is 13.3. The van der Waals surface area contributed by atoms with E-state index >= 15 is 0 Å². The molecule has 0 bridgehead atoms. The lowest BCUT2D eigenvalue weighted by Crippen LogP contribution is -2.37. The molecule has 0 saturated heterocycles. The first-order valence-corrected chi connectivity index (χ1v) is 7.50. The van der Waals surface area contributed by atoms with E-state index in [4.69, 9.17) is 0 Å². The van der Waals surface area contributed by atoms with E-state index in [1.807, 2.05) is 12.3 Å². The molecule has 0 radical (unpaired) electrons. The number of halogens is 1. The van der Waals surface area contributed by atoms with Gasteiger partial charge in [-0.15, -0.1) is 0 Å². The number of nitrogens with one attached hydrogen (secondary N) is 1. The molecule has 0 aromatic carbocycles. The zero-order valence-corrected chi connectivity index (χ0v) is 12.8. The van der Waals surface area contributed by atoms with Crippen LogP contribution in [-0.4, -0.2) is 16.5 Å². The van der Waals surface area contributed by atoms with Crippen molar-refractivity contribution in [2.75, 3.05) is 0 Å². The fraction of sp³-hybridized carbons (Fsp3) is 0.643. The topological polar surface area (TPSA) is 34.0 Å². The molecule has 1 saturated carbocycles. The summed E-state index contributed by atoms with van der Waals surface area (Å²) in [5, 5.41) is 3.10. The molecule has 1 N–H and O–H groups in total. The second-order valence-corrected chi connectivity index (χ2v) is 6.25. The van der Waals surface area contributed by atoms with Gasteiger partial charge in [0.1, 0.15) is 5.69 Å². The van der Waals surface area contributed by atoms with Crippen LogP contribution in [0.5, 0.6) is 0 Å². The quantitative estimate of drug-likeness (QED) is 0.882. The third-order valence-corrected chi connectivity index (χ3v) is 4.28. The second-order valence-electron chi connectivity index (χ2n) is 5.33. The van der Waals surface area contributed by atoms with Gasteiger partial charge in [-0.3, -0.25) is 4.79 Å². The lowest BCUT2D eigenvalue weighted by Gasteiger charge is -2.20. The maximum Gasteiger partial charge on any atom is 0.268 e. The van der Waals surface area contributed by atoms with Crippen LogP contribution in [0.4, 0.5) is 0 Å². The SMILES string of the molecule is CCC(C)C(C)NC(=O)c1cc(Br)cn1C1CC1. The highest BCUT2D eigenvalue weighted by molar-refractivity contribution is 9.10. The summed E-state index contributed by atoms with van der Waals surface area (Å²) in [5.41, 5.74) is 0.777. The van der Waals surface area contributed by atoms with E-state index in [-0.39, 0.29) is 11.9 Å². The molecule has 3 nitrogen and oxygen atoms in total. The Kier molecular flexibility index (Phi) is 4.15. The Morgan fingerprint density at radius 3 is 2.78 bits per heavy atom. The van der Waals surface area contributed by atoms with Crippen molar-refractivity contribution >= 4 is 21.8 Å². The van der Waals surface area contributed by atoms with Gasteiger partial charge in [0, 0.05) is 22.8 Å². The highest BCUT2D eigenvalue weighted by atomic mass is 79.9. The van der Waals surface area contributed by atoms with Crippen LogP contribution in [0.1, 0.15) is 56.6 Å². The average Bonchev–Trinajstić information content (AvgIpc) is 3.11. The number of nitrogens with zero attached hydrogens (tertiary/aromatic N) is 1. The minimum atomic E-state index is 0.0420. The molecule has 2 atom stereocenters. The normalized spacial score (nSPS) is 18.4. The van der Waals surface area contributed by atoms with Crippen molar-refractivity contribution in [2.45, 2.75) is 52.1 Å². The van der Waals surface area contributed by atoms with Gasteiger partial charge in [0.2, 0.25) is 0 Å². The summed E-state index contributed by atoms with van der Waals surface area (Å²) in [7, 11) is 0. The predicted molar refractivity (Wildman–Crippen MR) is 76.8 cm³/mol. The Balaban J connectivity index is 2.08. The standard InChI is InChI=1S/C14H21BrN2O/c1-4-9(2)10(3)16-14(18)13-7-11(15)8-17(13)12-5-6-12/h7-10,12H,4-6H2,1-3H3,(H,16,18). The third-order valence-electron chi connectivity index (χ3n) is 3.84. The number of carbonyl (C=O) groups excluding carboxylic acids is 1. The van der Waals surface area contributed by atoms with E-state index in [1.54, 1.807) is 0 Å². The molecule has 100 valence electrons. The summed E-state index contributed by atoms with van der Waals surface area (Å²) in [4.78, 5) is 12.3. The molecule has 1 aromatic heterocycles. The number of hydrogen-bond acceptors (Lipinski definition) is 1. The van der Waals surface area contributed by atoms with Crippen LogP contribution in [0.2, 0.25) is 0 Å². The zero-order valence-electron chi connectivity index (χ0n) is 11.2. The smallest absolute Gasteiger partial charge is 0.268 e. The molecule has 0 spiro atoms. The maximum atomic E-state index is 12.3. The molecule has 1 aliphatic carbocycles. The number of carbonyl (C=O) groups is 1. The first-order valence-electron chi connectivity index (χ1n) is 6.71. The molecule has 1 heterocycles. The van der Waals surface area contributed by atoms with E-state index < -0.39 is 0 Å². The molecule has 1 amide bonds. The predicted octanol–water partition coefficient (Wildman–Crippen LogP) is 3.75. The van der Waals surface area contributed by atoms with Crippen molar-refractivity contribution < 1.29 is 4.79 Å². The van der Waals surface area contributed by atoms with Gasteiger partial charge < -0.3 is 9.88 Å². The fourth-order valence-electron chi connectivity index (χ4n) is 2.06. The van der Waals surface area contributed by atoms with E-state index in [2.05, 4.69) is 46.6 Å². The van der Waals surface area contributed by atoms with Crippen molar-refractivity contribution in [3.05, 3.63) is 22.4 Å². The number of hydrogen-bond donors (Lipinski definition) is 1. The third kappa shape index (κ3) is 2.97. The molecule has 2 unspecified atom stereocenters. The van der Waals surface area contributed by atoms with Gasteiger partial charge in [-0.1, -0.05) is 20.3 Å². The summed E-state index contributed by atoms with van der Waals surface area (Å²) < 4.78 is 3.08. The van der Waals surface area contributed by atoms with Crippen LogP contribution in [0, 0.1) is 5.92 Å². The van der Waals surface area contributed by atoms with Crippen molar-refractivity contribution in [1.29, 1.82) is 0 Å². The lowest BCUT2D eigenvalue weighted by atomic mass is 10.0. The summed E-state index contributed by atoms with van der Waals surface area (Å²) in [5.74, 6) is 0.544. The number of amides is 1. The van der Waals surface area contributed by atoms with Gasteiger partial charge in [-0.25, -0.2) is 0 Å². The highest BCUT2D eigenvalue weighted by Crippen LogP contribution is 2.37. The summed E-state index contributed by atoms with van der Waals surface area (Å²) in [6.45, 7) is 6.39. The lowest BCUT2D eigenvalue weighted by molar-refractivity contribution is 0.0918. The molecule has 2 rings (SSSR count). The van der Waals surface area contributed by atoms with Crippen molar-refractivity contribution in [3.63, 3.8) is 0 Å². The minimum Gasteiger partial charge on any atom is -0.348 e. The Hall–Kier alpha value is -0.770. The highest BCUT2D eigenvalue weighted by Gasteiger charge is 2.28. The van der Waals surface area contributed by atoms with E-state index in [1.165, 1.54) is 12.8 Å². The van der Waals surface area contributed by atoms with Crippen molar-refractivity contribution in [2.24, 2.45) is 5.92 Å². The Morgan fingerprint density at radius 1 is 1.56 bits per heavy atom. The second kappa shape index (κ2) is 5.47. The summed E-state index contributed by atoms with van der Waals surface area (Å²) in [6, 6.07) is 2.65. The van der Waals surface area contributed by atoms with Gasteiger partial charge >= 0.3 is 0 Å². The summed E-state index contributed by atoms with van der Waals surface area (Å²) in [6.07, 6.45) is 5.46. The molecular formula is C14H21BrN2O. The Morgan fingerprint density at radius 2 is 2.22 bits per heavy atom. The molecule has 1 aliphatic rings. The maximum absolute atomic E-state index is 12.3. The van der Waals surface area contributed by atoms with Crippen LogP contribution in [-0.2, 0) is 0 Å². The van der Waals surface area contributed by atoms with E-state index in [9.17, 15) is 4.79 Å². The van der Waals surface area contributed by atoms with Gasteiger partial charge in [-0.2, -0.15) is 0 Å². The first kappa shape index (κ1) is 13.7. The van der Waals surface area contributed by atoms with Gasteiger partial charge in [0.15, 0.2) is 0 Å². The van der Waals surface area contributed by atoms with E-state index in [0.29, 0.717) is 12.0 Å². The Bertz CT molecular complexity index is 437. The number of rotatable bonds is 5. The van der Waals surface area contributed by atoms with Crippen LogP contribution in [0.25, 0.3) is 0 Å². The largest absolute Gasteiger partial charge is 0.348 e. The van der Waals surface area contributed by atoms with Crippen molar-refractivity contribution in [3.8, 4) is 0 Å². The van der Waals surface area contributed by atoms with Crippen LogP contribution >= 0.6 is 15.9 Å². The van der Waals surface area contributed by atoms with Crippen LogP contribution in [0.15, 0.2) is 16.7 Å².